The Morgan fingerprint density at radius 1 is 1.08 bits per heavy atom. The van der Waals surface area contributed by atoms with Gasteiger partial charge in [-0.05, 0) is 31.6 Å². The predicted octanol–water partition coefficient (Wildman–Crippen LogP) is 1.85. The number of carbonyl (C=O) groups excluding carboxylic acids is 1. The summed E-state index contributed by atoms with van der Waals surface area (Å²) in [5.41, 5.74) is 0. The maximum absolute atomic E-state index is 11.2. The van der Waals surface area contributed by atoms with Crippen LogP contribution in [0.2, 0.25) is 0 Å². The van der Waals surface area contributed by atoms with Gasteiger partial charge in [0.15, 0.2) is 0 Å². The SMILES string of the molecule is O=C1CCCC2CCCCC2N1. The first kappa shape index (κ1) is 8.09. The van der Waals surface area contributed by atoms with Gasteiger partial charge in [0.05, 0.1) is 0 Å². The first-order valence-electron chi connectivity index (χ1n) is 5.15. The second-order valence-corrected chi connectivity index (χ2v) is 4.11. The minimum atomic E-state index is 0.282. The molecule has 1 saturated heterocycles. The fraction of sp³-hybridized carbons (Fsp3) is 0.900. The largest absolute Gasteiger partial charge is 0.353 e. The number of amides is 1. The lowest BCUT2D eigenvalue weighted by atomic mass is 9.82. The van der Waals surface area contributed by atoms with E-state index in [1.807, 2.05) is 0 Å². The maximum Gasteiger partial charge on any atom is 0.220 e. The van der Waals surface area contributed by atoms with Crippen molar-refractivity contribution in [1.29, 1.82) is 0 Å². The molecule has 2 fully saturated rings. The Kier molecular flexibility index (Phi) is 2.33. The van der Waals surface area contributed by atoms with Gasteiger partial charge in [0.1, 0.15) is 0 Å². The van der Waals surface area contributed by atoms with Crippen LogP contribution >= 0.6 is 0 Å². The highest BCUT2D eigenvalue weighted by atomic mass is 16.1. The molecule has 68 valence electrons. The topological polar surface area (TPSA) is 29.1 Å². The lowest BCUT2D eigenvalue weighted by Gasteiger charge is -2.29. The van der Waals surface area contributed by atoms with Crippen LogP contribution in [-0.2, 0) is 4.79 Å². The minimum absolute atomic E-state index is 0.282. The summed E-state index contributed by atoms with van der Waals surface area (Å²) < 4.78 is 0. The molecule has 0 aromatic heterocycles. The van der Waals surface area contributed by atoms with E-state index in [0.717, 1.165) is 18.8 Å². The van der Waals surface area contributed by atoms with Crippen LogP contribution in [0.5, 0.6) is 0 Å². The molecule has 1 aliphatic carbocycles. The molecule has 1 aliphatic heterocycles. The smallest absolute Gasteiger partial charge is 0.220 e. The summed E-state index contributed by atoms with van der Waals surface area (Å²) in [6.07, 6.45) is 8.36. The molecule has 12 heavy (non-hydrogen) atoms. The van der Waals surface area contributed by atoms with Crippen LogP contribution in [0.1, 0.15) is 44.9 Å². The molecule has 0 bridgehead atoms. The molecule has 0 radical (unpaired) electrons. The van der Waals surface area contributed by atoms with E-state index in [1.165, 1.54) is 32.1 Å². The van der Waals surface area contributed by atoms with Gasteiger partial charge in [-0.3, -0.25) is 4.79 Å². The molecule has 2 nitrogen and oxygen atoms in total. The third-order valence-corrected chi connectivity index (χ3v) is 3.23. The van der Waals surface area contributed by atoms with Gasteiger partial charge in [0, 0.05) is 12.5 Å². The predicted molar refractivity (Wildman–Crippen MR) is 47.7 cm³/mol. The highest BCUT2D eigenvalue weighted by molar-refractivity contribution is 5.76. The number of hydrogen-bond acceptors (Lipinski definition) is 1. The molecular formula is C10H17NO. The van der Waals surface area contributed by atoms with Gasteiger partial charge in [-0.1, -0.05) is 12.8 Å². The van der Waals surface area contributed by atoms with Crippen LogP contribution in [0.4, 0.5) is 0 Å². The molecule has 2 aliphatic rings. The second-order valence-electron chi connectivity index (χ2n) is 4.11. The zero-order valence-electron chi connectivity index (χ0n) is 7.51. The quantitative estimate of drug-likeness (QED) is 0.586. The summed E-state index contributed by atoms with van der Waals surface area (Å²) in [7, 11) is 0. The van der Waals surface area contributed by atoms with Crippen molar-refractivity contribution >= 4 is 5.91 Å². The van der Waals surface area contributed by atoms with E-state index in [2.05, 4.69) is 5.32 Å². The van der Waals surface area contributed by atoms with Crippen LogP contribution < -0.4 is 5.32 Å². The lowest BCUT2D eigenvalue weighted by molar-refractivity contribution is -0.121. The molecule has 2 heteroatoms. The average molecular weight is 167 g/mol. The fourth-order valence-electron chi connectivity index (χ4n) is 2.55. The third-order valence-electron chi connectivity index (χ3n) is 3.23. The molecule has 1 heterocycles. The van der Waals surface area contributed by atoms with Gasteiger partial charge in [-0.2, -0.15) is 0 Å². The van der Waals surface area contributed by atoms with Crippen LogP contribution in [-0.4, -0.2) is 11.9 Å². The van der Waals surface area contributed by atoms with E-state index in [-0.39, 0.29) is 5.91 Å². The van der Waals surface area contributed by atoms with Crippen molar-refractivity contribution < 1.29 is 4.79 Å². The Morgan fingerprint density at radius 2 is 1.83 bits per heavy atom. The van der Waals surface area contributed by atoms with Crippen LogP contribution in [0.25, 0.3) is 0 Å². The van der Waals surface area contributed by atoms with Crippen LogP contribution in [0.3, 0.4) is 0 Å². The number of nitrogens with one attached hydrogen (secondary N) is 1. The summed E-state index contributed by atoms with van der Waals surface area (Å²) in [6.45, 7) is 0. The maximum atomic E-state index is 11.2. The molecular weight excluding hydrogens is 150 g/mol. The van der Waals surface area contributed by atoms with Gasteiger partial charge in [0.2, 0.25) is 5.91 Å². The highest BCUT2D eigenvalue weighted by Crippen LogP contribution is 2.30. The third kappa shape index (κ3) is 1.62. The average Bonchev–Trinajstić information content (AvgIpc) is 2.25. The van der Waals surface area contributed by atoms with E-state index in [9.17, 15) is 4.79 Å². The molecule has 0 aromatic carbocycles. The summed E-state index contributed by atoms with van der Waals surface area (Å²) in [6, 6.07) is 0.522. The Hall–Kier alpha value is -0.530. The number of fused-ring (bicyclic) bond motifs is 1. The Bertz CT molecular complexity index is 179. The first-order chi connectivity index (χ1) is 5.86. The van der Waals surface area contributed by atoms with Gasteiger partial charge in [-0.15, -0.1) is 0 Å². The van der Waals surface area contributed by atoms with E-state index < -0.39 is 0 Å². The van der Waals surface area contributed by atoms with Crippen LogP contribution in [0.15, 0.2) is 0 Å². The Labute approximate surface area is 73.7 Å². The summed E-state index contributed by atoms with van der Waals surface area (Å²) in [5, 5.41) is 3.14. The van der Waals surface area contributed by atoms with Crippen molar-refractivity contribution in [3.8, 4) is 0 Å². The number of carbonyl (C=O) groups is 1. The van der Waals surface area contributed by atoms with E-state index >= 15 is 0 Å². The molecule has 2 atom stereocenters. The molecule has 2 rings (SSSR count). The standard InChI is InChI=1S/C10H17NO/c12-10-7-3-5-8-4-1-2-6-9(8)11-10/h8-9H,1-7H2,(H,11,12). The Balaban J connectivity index is 2.01. The van der Waals surface area contributed by atoms with Crippen molar-refractivity contribution in [2.45, 2.75) is 51.0 Å². The molecule has 0 aromatic rings. The van der Waals surface area contributed by atoms with Gasteiger partial charge in [0.25, 0.3) is 0 Å². The fourth-order valence-corrected chi connectivity index (χ4v) is 2.55. The number of hydrogen-bond donors (Lipinski definition) is 1. The normalized spacial score (nSPS) is 36.5. The van der Waals surface area contributed by atoms with Crippen molar-refractivity contribution in [2.75, 3.05) is 0 Å². The van der Waals surface area contributed by atoms with Gasteiger partial charge >= 0.3 is 0 Å². The molecule has 1 N–H and O–H groups in total. The Morgan fingerprint density at radius 3 is 2.75 bits per heavy atom. The van der Waals surface area contributed by atoms with Crippen LogP contribution in [0, 0.1) is 5.92 Å². The van der Waals surface area contributed by atoms with E-state index in [0.29, 0.717) is 6.04 Å². The molecule has 0 spiro atoms. The minimum Gasteiger partial charge on any atom is -0.353 e. The first-order valence-corrected chi connectivity index (χ1v) is 5.15. The van der Waals surface area contributed by atoms with Crippen molar-refractivity contribution in [3.63, 3.8) is 0 Å². The van der Waals surface area contributed by atoms with Gasteiger partial charge < -0.3 is 5.32 Å². The molecule has 2 unspecified atom stereocenters. The monoisotopic (exact) mass is 167 g/mol. The molecule has 1 saturated carbocycles. The summed E-state index contributed by atoms with van der Waals surface area (Å²) in [4.78, 5) is 11.2. The van der Waals surface area contributed by atoms with Crippen molar-refractivity contribution in [2.24, 2.45) is 5.92 Å². The van der Waals surface area contributed by atoms with Gasteiger partial charge in [-0.25, -0.2) is 0 Å². The highest BCUT2D eigenvalue weighted by Gasteiger charge is 2.28. The zero-order chi connectivity index (χ0) is 8.39. The van der Waals surface area contributed by atoms with Crippen molar-refractivity contribution in [3.05, 3.63) is 0 Å². The summed E-state index contributed by atoms with van der Waals surface area (Å²) in [5.74, 6) is 1.08. The van der Waals surface area contributed by atoms with Crippen molar-refractivity contribution in [1.82, 2.24) is 5.32 Å². The van der Waals surface area contributed by atoms with E-state index in [1.54, 1.807) is 0 Å². The zero-order valence-corrected chi connectivity index (χ0v) is 7.51. The number of rotatable bonds is 0. The van der Waals surface area contributed by atoms with E-state index in [4.69, 9.17) is 0 Å². The summed E-state index contributed by atoms with van der Waals surface area (Å²) >= 11 is 0. The molecule has 1 amide bonds. The second kappa shape index (κ2) is 3.46. The lowest BCUT2D eigenvalue weighted by Crippen LogP contribution is -2.39.